The molecule has 6 nitrogen and oxygen atoms in total. The van der Waals surface area contributed by atoms with E-state index in [-0.39, 0.29) is 48.7 Å². The van der Waals surface area contributed by atoms with Gasteiger partial charge in [0.1, 0.15) is 0 Å². The Labute approximate surface area is 837 Å². The van der Waals surface area contributed by atoms with Crippen LogP contribution in [0.4, 0.5) is 34.1 Å². The van der Waals surface area contributed by atoms with Crippen LogP contribution in [0.5, 0.6) is 0 Å². The van der Waals surface area contributed by atoms with Gasteiger partial charge in [-0.1, -0.05) is 290 Å². The average Bonchev–Trinajstić information content (AvgIpc) is 1.56. The maximum Gasteiger partial charge on any atom is 0.0541 e. The minimum Gasteiger partial charge on any atom is -0.311 e. The summed E-state index contributed by atoms with van der Waals surface area (Å²) >= 11 is 0. The Bertz CT molecular complexity index is 7140. The fraction of sp³-hybridized carbons (Fsp3) is 0.289. The van der Waals surface area contributed by atoms with E-state index in [1.807, 2.05) is 0 Å². The third-order valence-electron chi connectivity index (χ3n) is 31.1. The first kappa shape index (κ1) is 93.6. The van der Waals surface area contributed by atoms with Crippen molar-refractivity contribution >= 4 is 121 Å². The minimum absolute atomic E-state index is 0.00288. The van der Waals surface area contributed by atoms with Crippen LogP contribution in [0.1, 0.15) is 261 Å². The van der Waals surface area contributed by atoms with Crippen molar-refractivity contribution in [1.29, 1.82) is 0 Å². The van der Waals surface area contributed by atoms with E-state index in [0.29, 0.717) is 0 Å². The van der Waals surface area contributed by atoms with E-state index in [9.17, 15) is 0 Å². The lowest BCUT2D eigenvalue weighted by Crippen LogP contribution is -2.25. The van der Waals surface area contributed by atoms with Crippen LogP contribution in [0.3, 0.4) is 0 Å². The fourth-order valence-corrected chi connectivity index (χ4v) is 22.8. The highest BCUT2D eigenvalue weighted by molar-refractivity contribution is 6.14. The van der Waals surface area contributed by atoms with Crippen molar-refractivity contribution in [3.8, 4) is 56.1 Å². The number of anilines is 6. The molecule has 0 atom stereocenters. The Morgan fingerprint density at radius 3 is 0.511 bits per heavy atom. The molecular formula is C135H140N6. The second kappa shape index (κ2) is 33.8. The fourth-order valence-electron chi connectivity index (χ4n) is 22.8. The molecule has 1 aliphatic rings. The zero-order chi connectivity index (χ0) is 99.2. The first-order valence-corrected chi connectivity index (χ1v) is 51.7. The Kier molecular flexibility index (Phi) is 22.4. The summed E-state index contributed by atoms with van der Waals surface area (Å²) in [6.07, 6.45) is 4.21. The highest BCUT2D eigenvalue weighted by atomic mass is 15.2. The lowest BCUT2D eigenvalue weighted by Gasteiger charge is -2.32. The molecule has 0 radical (unpaired) electrons. The average molecular weight is 1850 g/mol. The maximum atomic E-state index is 2.57. The second-order valence-corrected chi connectivity index (χ2v) is 49.1. The largest absolute Gasteiger partial charge is 0.311 e. The number of hydrogen-bond donors (Lipinski definition) is 0. The quantitative estimate of drug-likeness (QED) is 0.0964. The Hall–Kier alpha value is -13.7. The summed E-state index contributed by atoms with van der Waals surface area (Å²) in [5.41, 5.74) is 41.5. The van der Waals surface area contributed by atoms with Gasteiger partial charge in [-0.2, -0.15) is 0 Å². The molecule has 4 aromatic heterocycles. The number of aromatic nitrogens is 4. The van der Waals surface area contributed by atoms with E-state index in [1.54, 1.807) is 0 Å². The van der Waals surface area contributed by atoms with Crippen LogP contribution in [0, 0.1) is 0 Å². The molecule has 21 rings (SSSR count). The zero-order valence-corrected chi connectivity index (χ0v) is 88.2. The van der Waals surface area contributed by atoms with Gasteiger partial charge in [0.15, 0.2) is 0 Å². The molecule has 0 bridgehead atoms. The number of benzene rings is 16. The van der Waals surface area contributed by atoms with Gasteiger partial charge in [0.2, 0.25) is 0 Å². The lowest BCUT2D eigenvalue weighted by molar-refractivity contribution is 0.436. The summed E-state index contributed by atoms with van der Waals surface area (Å²) < 4.78 is 9.91. The molecule has 0 saturated heterocycles. The molecule has 0 unspecified atom stereocenters. The highest BCUT2D eigenvalue weighted by Crippen LogP contribution is 2.57. The van der Waals surface area contributed by atoms with Gasteiger partial charge >= 0.3 is 0 Å². The van der Waals surface area contributed by atoms with E-state index >= 15 is 0 Å². The van der Waals surface area contributed by atoms with Crippen LogP contribution < -0.4 is 9.80 Å². The van der Waals surface area contributed by atoms with Gasteiger partial charge < -0.3 is 28.1 Å². The van der Waals surface area contributed by atoms with E-state index in [2.05, 4.69) is 536 Å². The van der Waals surface area contributed by atoms with Gasteiger partial charge in [0.05, 0.1) is 44.1 Å². The molecule has 1 aliphatic carbocycles. The van der Waals surface area contributed by atoms with Crippen LogP contribution in [-0.2, 0) is 48.7 Å². The molecule has 0 fully saturated rings. The number of nitrogens with zero attached hydrogens (tertiary/aromatic N) is 6. The van der Waals surface area contributed by atoms with E-state index in [4.69, 9.17) is 0 Å². The van der Waals surface area contributed by atoms with Gasteiger partial charge in [-0.15, -0.1) is 0 Å². The van der Waals surface area contributed by atoms with Crippen LogP contribution >= 0.6 is 0 Å². The van der Waals surface area contributed by atoms with Gasteiger partial charge in [-0.25, -0.2) is 0 Å². The summed E-state index contributed by atoms with van der Waals surface area (Å²) in [5.74, 6) is 0. The highest BCUT2D eigenvalue weighted by Gasteiger charge is 2.43. The Morgan fingerprint density at radius 2 is 0.348 bits per heavy atom. The van der Waals surface area contributed by atoms with Crippen LogP contribution in [0.2, 0.25) is 0 Å². The number of rotatable bonds is 16. The molecule has 710 valence electrons. The van der Waals surface area contributed by atoms with Gasteiger partial charge in [0, 0.05) is 105 Å². The van der Waals surface area contributed by atoms with Gasteiger partial charge in [-0.05, 0) is 376 Å². The Morgan fingerprint density at radius 1 is 0.184 bits per heavy atom. The predicted molar refractivity (Wildman–Crippen MR) is 610 cm³/mol. The molecule has 0 saturated carbocycles. The lowest BCUT2D eigenvalue weighted by atomic mass is 9.71. The third kappa shape index (κ3) is 16.5. The first-order valence-electron chi connectivity index (χ1n) is 51.7. The van der Waals surface area contributed by atoms with Gasteiger partial charge in [-0.3, -0.25) is 0 Å². The van der Waals surface area contributed by atoms with Gasteiger partial charge in [0.25, 0.3) is 0 Å². The standard InChI is InChI=1S/C135H140N6/c1-27-73-135(74-28-2)117-75-87(85-29-43-97(44-30-85)136(99-47-55-103(56-48-99)138-119-65-35-89(127(3,4)5)77-109(119)110-78-90(128(6,7)8)36-66-120(110)138)100-49-57-104(58-50-100)139-121-67-37-91(129(9,10)11)79-111(121)112-80-92(130(12,13)14)38-68-122(112)139)33-63-107(117)108-64-34-88(76-118(108)135)86-31-45-98(46-32-86)137(101-51-59-105(60-52-101)140-123-69-39-93(131(15,16)17)81-113(123)114-82-94(132(18,19)20)40-70-124(114)140)102-53-61-106(62-54-102)141-125-71-41-95(133(21,22)23)83-115(125)116-84-96(134(24,25)26)42-72-126(116)141/h29-72,75-84H,27-28,73-74H2,1-26H3. The summed E-state index contributed by atoms with van der Waals surface area (Å²) in [5, 5.41) is 10.3. The maximum absolute atomic E-state index is 2.57. The van der Waals surface area contributed by atoms with Crippen molar-refractivity contribution in [3.05, 3.63) is 383 Å². The molecule has 141 heavy (non-hydrogen) atoms. The van der Waals surface area contributed by atoms with E-state index in [0.717, 1.165) is 82.6 Å². The molecule has 0 aliphatic heterocycles. The zero-order valence-electron chi connectivity index (χ0n) is 88.2. The third-order valence-corrected chi connectivity index (χ3v) is 31.1. The number of fused-ring (bicyclic) bond motifs is 15. The molecular weight excluding hydrogens is 1710 g/mol. The van der Waals surface area contributed by atoms with E-state index in [1.165, 1.54) is 176 Å². The monoisotopic (exact) mass is 1850 g/mol. The van der Waals surface area contributed by atoms with E-state index < -0.39 is 0 Å². The predicted octanol–water partition coefficient (Wildman–Crippen LogP) is 38.6. The van der Waals surface area contributed by atoms with Crippen molar-refractivity contribution in [2.75, 3.05) is 9.80 Å². The van der Waals surface area contributed by atoms with Crippen molar-refractivity contribution in [1.82, 2.24) is 18.3 Å². The van der Waals surface area contributed by atoms with Crippen LogP contribution in [0.25, 0.3) is 143 Å². The second-order valence-electron chi connectivity index (χ2n) is 49.1. The van der Waals surface area contributed by atoms with Crippen molar-refractivity contribution < 1.29 is 0 Å². The molecule has 6 heteroatoms. The normalized spacial score (nSPS) is 13.5. The smallest absolute Gasteiger partial charge is 0.0541 e. The minimum atomic E-state index is -0.188. The van der Waals surface area contributed by atoms with Crippen molar-refractivity contribution in [2.24, 2.45) is 0 Å². The SMILES string of the molecule is CCCC1(CCC)c2cc(-c3ccc(N(c4ccc(-n5c6ccc(C(C)(C)C)cc6c6cc(C(C)(C)C)ccc65)cc4)c4ccc(-n5c6ccc(C(C)(C)C)cc6c6cc(C(C)(C)C)ccc65)cc4)cc3)ccc2-c2ccc(-c3ccc(N(c4ccc(-n5c6ccc(C(C)(C)C)cc6c6cc(C(C)(C)C)ccc65)cc4)c4ccc(-n5c6ccc(C(C)(C)C)cc6c6cc(C(C)(C)C)ccc65)cc4)cc3)cc21. The summed E-state index contributed by atoms with van der Waals surface area (Å²) in [4.78, 5) is 4.90. The van der Waals surface area contributed by atoms with Crippen LogP contribution in [0.15, 0.2) is 328 Å². The summed E-state index contributed by atoms with van der Waals surface area (Å²) in [6.45, 7) is 60.4. The molecule has 0 N–H and O–H groups in total. The van der Waals surface area contributed by atoms with Crippen molar-refractivity contribution in [3.63, 3.8) is 0 Å². The molecule has 4 heterocycles. The molecule has 16 aromatic carbocycles. The molecule has 20 aromatic rings. The number of hydrogen-bond acceptors (Lipinski definition) is 2. The molecule has 0 spiro atoms. The molecule has 0 amide bonds. The first-order chi connectivity index (χ1) is 66.8. The summed E-state index contributed by atoms with van der Waals surface area (Å²) in [7, 11) is 0. The summed E-state index contributed by atoms with van der Waals surface area (Å²) in [6, 6.07) is 128. The Balaban J connectivity index is 0.638. The van der Waals surface area contributed by atoms with Crippen LogP contribution in [-0.4, -0.2) is 18.3 Å². The topological polar surface area (TPSA) is 26.2 Å². The van der Waals surface area contributed by atoms with Crippen molar-refractivity contribution in [2.45, 2.75) is 254 Å².